The van der Waals surface area contributed by atoms with Gasteiger partial charge in [0, 0.05) is 11.5 Å². The first kappa shape index (κ1) is 8.72. The zero-order chi connectivity index (χ0) is 8.48. The lowest BCUT2D eigenvalue weighted by atomic mass is 9.95. The van der Waals surface area contributed by atoms with Gasteiger partial charge in [0.25, 0.3) is 0 Å². The highest BCUT2D eigenvalue weighted by Crippen LogP contribution is 2.51. The van der Waals surface area contributed by atoms with Crippen molar-refractivity contribution in [2.45, 2.75) is 38.4 Å². The van der Waals surface area contributed by atoms with Crippen LogP contribution in [0.2, 0.25) is 0 Å². The van der Waals surface area contributed by atoms with Gasteiger partial charge in [0.1, 0.15) is 6.17 Å². The molecule has 64 valence electrons. The molecule has 2 N–H and O–H groups in total. The van der Waals surface area contributed by atoms with E-state index in [0.717, 1.165) is 12.8 Å². The second kappa shape index (κ2) is 2.94. The van der Waals surface area contributed by atoms with Crippen LogP contribution in [-0.2, 0) is 0 Å². The maximum atomic E-state index is 12.7. The molecular formula is C9H16FN. The number of nitrogens with two attached hydrogens (primary N) is 1. The molecule has 0 radical (unpaired) electrons. The topological polar surface area (TPSA) is 26.0 Å². The average Bonchev–Trinajstić information content (AvgIpc) is 2.56. The van der Waals surface area contributed by atoms with Crippen molar-refractivity contribution < 1.29 is 4.39 Å². The van der Waals surface area contributed by atoms with Crippen LogP contribution in [0.5, 0.6) is 0 Å². The molecule has 1 nitrogen and oxygen atoms in total. The van der Waals surface area contributed by atoms with Crippen molar-refractivity contribution in [2.75, 3.05) is 0 Å². The number of allylic oxidation sites excluding steroid dienone is 1. The number of halogens is 1. The van der Waals surface area contributed by atoms with E-state index >= 15 is 0 Å². The SMILES string of the molecule is C=CCCC(N)C1(C)CC1F. The Labute approximate surface area is 67.5 Å². The molecule has 1 fully saturated rings. The Balaban J connectivity index is 2.30. The van der Waals surface area contributed by atoms with Crippen LogP contribution in [0, 0.1) is 5.41 Å². The van der Waals surface area contributed by atoms with Crippen LogP contribution in [0.1, 0.15) is 26.2 Å². The molecule has 0 aromatic rings. The normalized spacial score (nSPS) is 38.3. The number of hydrogen-bond acceptors (Lipinski definition) is 1. The molecule has 1 aliphatic rings. The van der Waals surface area contributed by atoms with E-state index in [2.05, 4.69) is 6.58 Å². The second-order valence-corrected chi connectivity index (χ2v) is 3.65. The number of rotatable bonds is 4. The summed E-state index contributed by atoms with van der Waals surface area (Å²) in [6, 6.07) is 0.00972. The summed E-state index contributed by atoms with van der Waals surface area (Å²) in [5.74, 6) is 0. The summed E-state index contributed by atoms with van der Waals surface area (Å²) in [4.78, 5) is 0. The van der Waals surface area contributed by atoms with Gasteiger partial charge in [0.15, 0.2) is 0 Å². The molecule has 0 bridgehead atoms. The third kappa shape index (κ3) is 1.62. The van der Waals surface area contributed by atoms with Gasteiger partial charge in [-0.2, -0.15) is 0 Å². The van der Waals surface area contributed by atoms with Gasteiger partial charge >= 0.3 is 0 Å². The number of alkyl halides is 1. The monoisotopic (exact) mass is 157 g/mol. The van der Waals surface area contributed by atoms with Gasteiger partial charge in [0.05, 0.1) is 0 Å². The van der Waals surface area contributed by atoms with Crippen molar-refractivity contribution in [3.8, 4) is 0 Å². The van der Waals surface area contributed by atoms with E-state index in [1.54, 1.807) is 0 Å². The van der Waals surface area contributed by atoms with E-state index in [-0.39, 0.29) is 11.5 Å². The van der Waals surface area contributed by atoms with Crippen molar-refractivity contribution in [1.82, 2.24) is 0 Å². The molecule has 1 saturated carbocycles. The molecular weight excluding hydrogens is 141 g/mol. The molecule has 3 unspecified atom stereocenters. The Morgan fingerprint density at radius 3 is 2.82 bits per heavy atom. The minimum absolute atomic E-state index is 0.00972. The van der Waals surface area contributed by atoms with E-state index in [0.29, 0.717) is 6.42 Å². The quantitative estimate of drug-likeness (QED) is 0.621. The summed E-state index contributed by atoms with van der Waals surface area (Å²) in [6.45, 7) is 5.53. The molecule has 0 aromatic carbocycles. The smallest absolute Gasteiger partial charge is 0.108 e. The van der Waals surface area contributed by atoms with Crippen LogP contribution < -0.4 is 5.73 Å². The van der Waals surface area contributed by atoms with Crippen molar-refractivity contribution in [3.63, 3.8) is 0 Å². The van der Waals surface area contributed by atoms with Crippen molar-refractivity contribution in [1.29, 1.82) is 0 Å². The summed E-state index contributed by atoms with van der Waals surface area (Å²) in [5.41, 5.74) is 5.58. The molecule has 0 amide bonds. The predicted molar refractivity (Wildman–Crippen MR) is 45.0 cm³/mol. The van der Waals surface area contributed by atoms with Crippen LogP contribution >= 0.6 is 0 Å². The van der Waals surface area contributed by atoms with Gasteiger partial charge in [-0.25, -0.2) is 4.39 Å². The lowest BCUT2D eigenvalue weighted by Crippen LogP contribution is -2.31. The van der Waals surface area contributed by atoms with Gasteiger partial charge in [-0.05, 0) is 19.3 Å². The van der Waals surface area contributed by atoms with Crippen molar-refractivity contribution in [3.05, 3.63) is 12.7 Å². The van der Waals surface area contributed by atoms with Crippen LogP contribution in [-0.4, -0.2) is 12.2 Å². The minimum Gasteiger partial charge on any atom is -0.327 e. The summed E-state index contributed by atoms with van der Waals surface area (Å²) in [7, 11) is 0. The summed E-state index contributed by atoms with van der Waals surface area (Å²) in [6.07, 6.45) is 3.57. The molecule has 1 aliphatic carbocycles. The molecule has 11 heavy (non-hydrogen) atoms. The molecule has 2 heteroatoms. The Kier molecular flexibility index (Phi) is 2.33. The first-order valence-corrected chi connectivity index (χ1v) is 4.12. The fraction of sp³-hybridized carbons (Fsp3) is 0.778. The van der Waals surface area contributed by atoms with Gasteiger partial charge in [-0.3, -0.25) is 0 Å². The van der Waals surface area contributed by atoms with E-state index in [1.165, 1.54) is 0 Å². The summed E-state index contributed by atoms with van der Waals surface area (Å²) >= 11 is 0. The molecule has 0 aromatic heterocycles. The maximum Gasteiger partial charge on any atom is 0.108 e. The van der Waals surface area contributed by atoms with Gasteiger partial charge < -0.3 is 5.73 Å². The average molecular weight is 157 g/mol. The Hall–Kier alpha value is -0.370. The van der Waals surface area contributed by atoms with Crippen molar-refractivity contribution >= 4 is 0 Å². The number of hydrogen-bond donors (Lipinski definition) is 1. The lowest BCUT2D eigenvalue weighted by Gasteiger charge is -2.17. The highest BCUT2D eigenvalue weighted by molar-refractivity contribution is 5.06. The maximum absolute atomic E-state index is 12.7. The van der Waals surface area contributed by atoms with E-state index in [1.807, 2.05) is 13.0 Å². The first-order chi connectivity index (χ1) is 5.11. The molecule has 0 saturated heterocycles. The fourth-order valence-corrected chi connectivity index (χ4v) is 1.34. The Morgan fingerprint density at radius 1 is 1.91 bits per heavy atom. The zero-order valence-corrected chi connectivity index (χ0v) is 7.02. The third-order valence-electron chi connectivity index (χ3n) is 2.70. The van der Waals surface area contributed by atoms with Crippen LogP contribution in [0.15, 0.2) is 12.7 Å². The molecule has 1 rings (SSSR count). The third-order valence-corrected chi connectivity index (χ3v) is 2.70. The van der Waals surface area contributed by atoms with Gasteiger partial charge in [-0.15, -0.1) is 6.58 Å². The highest BCUT2D eigenvalue weighted by atomic mass is 19.1. The fourth-order valence-electron chi connectivity index (χ4n) is 1.34. The lowest BCUT2D eigenvalue weighted by molar-refractivity contribution is 0.319. The minimum atomic E-state index is -0.665. The Morgan fingerprint density at radius 2 is 2.45 bits per heavy atom. The standard InChI is InChI=1S/C9H16FN/c1-3-4-5-8(11)9(2)6-7(9)10/h3,7-8H,1,4-6,11H2,2H3. The largest absolute Gasteiger partial charge is 0.327 e. The van der Waals surface area contributed by atoms with Crippen LogP contribution in [0.3, 0.4) is 0 Å². The molecule has 0 heterocycles. The van der Waals surface area contributed by atoms with Gasteiger partial charge in [-0.1, -0.05) is 13.0 Å². The van der Waals surface area contributed by atoms with E-state index in [4.69, 9.17) is 5.73 Å². The van der Waals surface area contributed by atoms with Crippen molar-refractivity contribution in [2.24, 2.45) is 11.1 Å². The van der Waals surface area contributed by atoms with E-state index in [9.17, 15) is 4.39 Å². The summed E-state index contributed by atoms with van der Waals surface area (Å²) in [5, 5.41) is 0. The molecule has 3 atom stereocenters. The summed E-state index contributed by atoms with van der Waals surface area (Å²) < 4.78 is 12.7. The predicted octanol–water partition coefficient (Wildman–Crippen LogP) is 2.03. The second-order valence-electron chi connectivity index (χ2n) is 3.65. The Bertz CT molecular complexity index is 158. The zero-order valence-electron chi connectivity index (χ0n) is 7.02. The van der Waals surface area contributed by atoms with Gasteiger partial charge in [0.2, 0.25) is 0 Å². The molecule has 0 spiro atoms. The van der Waals surface area contributed by atoms with Crippen LogP contribution in [0.25, 0.3) is 0 Å². The highest BCUT2D eigenvalue weighted by Gasteiger charge is 2.54. The molecule has 0 aliphatic heterocycles. The van der Waals surface area contributed by atoms with E-state index < -0.39 is 6.17 Å². The van der Waals surface area contributed by atoms with Crippen LogP contribution in [0.4, 0.5) is 4.39 Å². The first-order valence-electron chi connectivity index (χ1n) is 4.12.